The van der Waals surface area contributed by atoms with Gasteiger partial charge in [0.05, 0.1) is 15.7 Å². The van der Waals surface area contributed by atoms with E-state index in [1.165, 1.54) is 25.1 Å². The molecule has 5 nitrogen and oxygen atoms in total. The fourth-order valence-corrected chi connectivity index (χ4v) is 8.05. The summed E-state index contributed by atoms with van der Waals surface area (Å²) in [7, 11) is 0. The molecule has 0 fully saturated rings. The summed E-state index contributed by atoms with van der Waals surface area (Å²) in [6.45, 7) is 0.305. The Kier molecular flexibility index (Phi) is 6.57. The first kappa shape index (κ1) is 26.2. The molecule has 1 amide bonds. The van der Waals surface area contributed by atoms with E-state index in [-0.39, 0.29) is 12.5 Å². The summed E-state index contributed by atoms with van der Waals surface area (Å²) in [6, 6.07) is 29.8. The van der Waals surface area contributed by atoms with Gasteiger partial charge < -0.3 is 14.7 Å². The van der Waals surface area contributed by atoms with Gasteiger partial charge in [-0.05, 0) is 83.6 Å². The minimum Gasteiger partial charge on any atom is -0.478 e. The van der Waals surface area contributed by atoms with Crippen LogP contribution in [-0.2, 0) is 11.3 Å². The van der Waals surface area contributed by atoms with Crippen LogP contribution in [0.3, 0.4) is 0 Å². The summed E-state index contributed by atoms with van der Waals surface area (Å²) < 4.78 is 10.1. The molecule has 0 spiro atoms. The molecular formula is C33H21Br2NO4S. The van der Waals surface area contributed by atoms with Crippen LogP contribution in [0, 0.1) is 0 Å². The van der Waals surface area contributed by atoms with Gasteiger partial charge in [0, 0.05) is 32.1 Å². The molecule has 6 aromatic rings. The quantitative estimate of drug-likeness (QED) is 0.190. The zero-order valence-electron chi connectivity index (χ0n) is 21.4. The van der Waals surface area contributed by atoms with Crippen molar-refractivity contribution in [2.75, 3.05) is 6.54 Å². The van der Waals surface area contributed by atoms with Gasteiger partial charge in [-0.2, -0.15) is 0 Å². The van der Waals surface area contributed by atoms with E-state index in [4.69, 9.17) is 4.74 Å². The van der Waals surface area contributed by atoms with Crippen molar-refractivity contribution in [1.82, 2.24) is 4.90 Å². The van der Waals surface area contributed by atoms with Crippen LogP contribution in [0.2, 0.25) is 0 Å². The summed E-state index contributed by atoms with van der Waals surface area (Å²) in [5.41, 5.74) is 3.59. The lowest BCUT2D eigenvalue weighted by molar-refractivity contribution is -0.145. The molecule has 202 valence electrons. The fourth-order valence-electron chi connectivity index (χ4n) is 5.63. The van der Waals surface area contributed by atoms with Crippen molar-refractivity contribution in [3.8, 4) is 16.9 Å². The molecule has 0 saturated heterocycles. The Morgan fingerprint density at radius 2 is 1.63 bits per heavy atom. The van der Waals surface area contributed by atoms with Gasteiger partial charge in [0.1, 0.15) is 5.75 Å². The minimum absolute atomic E-state index is 0.0596. The highest BCUT2D eigenvalue weighted by molar-refractivity contribution is 9.11. The first-order chi connectivity index (χ1) is 19.9. The molecule has 5 aromatic carbocycles. The number of carbonyl (C=O) groups excluding carboxylic acids is 1. The van der Waals surface area contributed by atoms with Crippen LogP contribution in [0.1, 0.15) is 15.9 Å². The summed E-state index contributed by atoms with van der Waals surface area (Å²) >= 11 is 9.29. The van der Waals surface area contributed by atoms with Crippen LogP contribution in [0.15, 0.2) is 99.9 Å². The SMILES string of the molecule is O=C(O)[C@@H](CN1Cc2ccccc2C1=O)Oc1ccc(-c2c3ccccc3c(Br)c3sc4ccccc4c23)cc1Br. The first-order valence-electron chi connectivity index (χ1n) is 13.0. The summed E-state index contributed by atoms with van der Waals surface area (Å²) in [6.07, 6.45) is -1.23. The van der Waals surface area contributed by atoms with E-state index in [1.807, 2.05) is 42.5 Å². The van der Waals surface area contributed by atoms with Gasteiger partial charge >= 0.3 is 5.97 Å². The third-order valence-electron chi connectivity index (χ3n) is 7.53. The number of carboxylic acid groups (broad SMARTS) is 1. The monoisotopic (exact) mass is 685 g/mol. The van der Waals surface area contributed by atoms with Crippen molar-refractivity contribution in [3.63, 3.8) is 0 Å². The lowest BCUT2D eigenvalue weighted by atomic mass is 9.93. The molecule has 7 rings (SSSR count). The molecule has 0 unspecified atom stereocenters. The maximum atomic E-state index is 12.9. The average Bonchev–Trinajstić information content (AvgIpc) is 3.52. The largest absolute Gasteiger partial charge is 0.478 e. The molecule has 8 heteroatoms. The summed E-state index contributed by atoms with van der Waals surface area (Å²) in [5.74, 6) is -0.910. The van der Waals surface area contributed by atoms with E-state index in [0.717, 1.165) is 31.9 Å². The number of aliphatic carboxylic acids is 1. The van der Waals surface area contributed by atoms with Gasteiger partial charge in [-0.3, -0.25) is 4.79 Å². The molecule has 1 atom stereocenters. The molecule has 1 aromatic heterocycles. The number of benzene rings is 5. The molecular weight excluding hydrogens is 666 g/mol. The van der Waals surface area contributed by atoms with Gasteiger partial charge in [-0.15, -0.1) is 11.3 Å². The van der Waals surface area contributed by atoms with E-state index in [1.54, 1.807) is 23.5 Å². The zero-order chi connectivity index (χ0) is 28.2. The van der Waals surface area contributed by atoms with Crippen molar-refractivity contribution in [1.29, 1.82) is 0 Å². The number of halogens is 2. The highest BCUT2D eigenvalue weighted by Crippen LogP contribution is 2.49. The van der Waals surface area contributed by atoms with Gasteiger partial charge in [-0.25, -0.2) is 4.79 Å². The van der Waals surface area contributed by atoms with Crippen molar-refractivity contribution in [3.05, 3.63) is 111 Å². The number of carbonyl (C=O) groups is 2. The van der Waals surface area contributed by atoms with Gasteiger partial charge in [-0.1, -0.05) is 66.7 Å². The average molecular weight is 687 g/mol. The van der Waals surface area contributed by atoms with Crippen LogP contribution < -0.4 is 4.74 Å². The topological polar surface area (TPSA) is 66.8 Å². The Balaban J connectivity index is 1.27. The van der Waals surface area contributed by atoms with E-state index >= 15 is 0 Å². The Morgan fingerprint density at radius 1 is 0.927 bits per heavy atom. The second kappa shape index (κ2) is 10.3. The number of ether oxygens (including phenoxy) is 1. The van der Waals surface area contributed by atoms with Gasteiger partial charge in [0.25, 0.3) is 5.91 Å². The van der Waals surface area contributed by atoms with Crippen molar-refractivity contribution >= 4 is 86.0 Å². The number of rotatable bonds is 6. The molecule has 1 N–H and O–H groups in total. The second-order valence-corrected chi connectivity index (χ2v) is 12.7. The number of fused-ring (bicyclic) bond motifs is 5. The molecule has 0 bridgehead atoms. The number of carboxylic acids is 1. The van der Waals surface area contributed by atoms with Crippen molar-refractivity contribution in [2.45, 2.75) is 12.6 Å². The normalized spacial score (nSPS) is 13.7. The van der Waals surface area contributed by atoms with E-state index < -0.39 is 12.1 Å². The second-order valence-electron chi connectivity index (χ2n) is 9.97. The standard InChI is InChI=1S/C33H21Br2NO4S/c34-24-15-18(13-14-25(24)40-26(33(38)39)17-36-16-19-7-1-2-8-20(19)32(36)37)28-21-9-3-4-10-22(21)30(35)31-29(28)23-11-5-6-12-27(23)41-31/h1-15,26H,16-17H2,(H,38,39)/t26-/m1/s1. The lowest BCUT2D eigenvalue weighted by Gasteiger charge is -2.22. The molecule has 1 aliphatic rings. The summed E-state index contributed by atoms with van der Waals surface area (Å²) in [5, 5.41) is 14.6. The minimum atomic E-state index is -1.23. The third kappa shape index (κ3) is 4.41. The Labute approximate surface area is 256 Å². The van der Waals surface area contributed by atoms with Crippen LogP contribution in [-0.4, -0.2) is 34.5 Å². The van der Waals surface area contributed by atoms with Crippen LogP contribution in [0.25, 0.3) is 42.1 Å². The van der Waals surface area contributed by atoms with E-state index in [0.29, 0.717) is 22.3 Å². The Morgan fingerprint density at radius 3 is 2.39 bits per heavy atom. The van der Waals surface area contributed by atoms with E-state index in [2.05, 4.69) is 68.3 Å². The number of thiophene rings is 1. The Bertz CT molecular complexity index is 2040. The zero-order valence-corrected chi connectivity index (χ0v) is 25.4. The predicted octanol–water partition coefficient (Wildman–Crippen LogP) is 8.89. The van der Waals surface area contributed by atoms with Crippen LogP contribution in [0.4, 0.5) is 0 Å². The van der Waals surface area contributed by atoms with Crippen LogP contribution >= 0.6 is 43.2 Å². The molecule has 0 aliphatic carbocycles. The van der Waals surface area contributed by atoms with E-state index in [9.17, 15) is 14.7 Å². The Hall–Kier alpha value is -3.72. The highest BCUT2D eigenvalue weighted by Gasteiger charge is 2.32. The number of hydrogen-bond acceptors (Lipinski definition) is 4. The number of amides is 1. The van der Waals surface area contributed by atoms with Crippen molar-refractivity contribution in [2.24, 2.45) is 0 Å². The fraction of sp³-hybridized carbons (Fsp3) is 0.0909. The maximum Gasteiger partial charge on any atom is 0.346 e. The maximum absolute atomic E-state index is 12.9. The molecule has 0 radical (unpaired) electrons. The number of hydrogen-bond donors (Lipinski definition) is 1. The van der Waals surface area contributed by atoms with Gasteiger partial charge in [0.2, 0.25) is 6.10 Å². The van der Waals surface area contributed by atoms with Gasteiger partial charge in [0.15, 0.2) is 0 Å². The third-order valence-corrected chi connectivity index (χ3v) is 10.4. The molecule has 41 heavy (non-hydrogen) atoms. The lowest BCUT2D eigenvalue weighted by Crippen LogP contribution is -2.40. The highest BCUT2D eigenvalue weighted by atomic mass is 79.9. The first-order valence-corrected chi connectivity index (χ1v) is 15.4. The molecule has 0 saturated carbocycles. The molecule has 2 heterocycles. The van der Waals surface area contributed by atoms with Crippen LogP contribution in [0.5, 0.6) is 5.75 Å². The van der Waals surface area contributed by atoms with Crippen molar-refractivity contribution < 1.29 is 19.4 Å². The molecule has 1 aliphatic heterocycles. The smallest absolute Gasteiger partial charge is 0.346 e. The number of nitrogens with zero attached hydrogens (tertiary/aromatic N) is 1. The predicted molar refractivity (Wildman–Crippen MR) is 171 cm³/mol. The summed E-state index contributed by atoms with van der Waals surface area (Å²) in [4.78, 5) is 26.6.